The molecule has 0 saturated carbocycles. The normalized spacial score (nSPS) is 9.75. The summed E-state index contributed by atoms with van der Waals surface area (Å²) < 4.78 is 4.72. The molecule has 1 nitrogen and oxygen atoms in total. The molecule has 3 heteroatoms. The third-order valence-corrected chi connectivity index (χ3v) is 1.15. The van der Waals surface area contributed by atoms with Crippen LogP contribution in [0.4, 0.5) is 0 Å². The molecule has 1 rings (SSSR count). The minimum Gasteiger partial charge on any atom is -0.455 e. The van der Waals surface area contributed by atoms with E-state index in [1.807, 2.05) is 0 Å². The highest BCUT2D eigenvalue weighted by atomic mass is 35.5. The van der Waals surface area contributed by atoms with Crippen molar-refractivity contribution in [3.05, 3.63) is 23.1 Å². The Morgan fingerprint density at radius 2 is 2.50 bits per heavy atom. The van der Waals surface area contributed by atoms with Crippen LogP contribution >= 0.6 is 23.2 Å². The van der Waals surface area contributed by atoms with Gasteiger partial charge < -0.3 is 4.42 Å². The summed E-state index contributed by atoms with van der Waals surface area (Å²) in [7, 11) is 0. The van der Waals surface area contributed by atoms with Crippen LogP contribution in [0, 0.1) is 6.26 Å². The van der Waals surface area contributed by atoms with Gasteiger partial charge in [0, 0.05) is 6.07 Å². The molecule has 0 spiro atoms. The lowest BCUT2D eigenvalue weighted by Crippen LogP contribution is -1.63. The van der Waals surface area contributed by atoms with Crippen molar-refractivity contribution in [2.24, 2.45) is 0 Å². The van der Waals surface area contributed by atoms with E-state index in [4.69, 9.17) is 27.6 Å². The van der Waals surface area contributed by atoms with E-state index >= 15 is 0 Å². The van der Waals surface area contributed by atoms with Crippen LogP contribution in [0.2, 0.25) is 5.02 Å². The van der Waals surface area contributed by atoms with Crippen molar-refractivity contribution >= 4 is 23.2 Å². The van der Waals surface area contributed by atoms with Crippen molar-refractivity contribution in [1.82, 2.24) is 0 Å². The molecular weight excluding hydrogens is 147 g/mol. The zero-order chi connectivity index (χ0) is 5.98. The van der Waals surface area contributed by atoms with Crippen molar-refractivity contribution in [3.63, 3.8) is 0 Å². The maximum atomic E-state index is 5.43. The van der Waals surface area contributed by atoms with Gasteiger partial charge in [-0.2, -0.15) is 0 Å². The zero-order valence-electron chi connectivity index (χ0n) is 3.95. The van der Waals surface area contributed by atoms with E-state index in [0.717, 1.165) is 0 Å². The molecule has 0 aliphatic carbocycles. The Hall–Kier alpha value is -0.140. The Labute approximate surface area is 57.2 Å². The van der Waals surface area contributed by atoms with Crippen LogP contribution < -0.4 is 0 Å². The summed E-state index contributed by atoms with van der Waals surface area (Å²) in [5.41, 5.74) is 0. The highest BCUT2D eigenvalue weighted by molar-refractivity contribution is 6.30. The van der Waals surface area contributed by atoms with Crippen molar-refractivity contribution in [2.75, 3.05) is 0 Å². The maximum Gasteiger partial charge on any atom is 0.189 e. The Bertz CT molecular complexity index is 171. The number of furan rings is 1. The average molecular weight is 150 g/mol. The van der Waals surface area contributed by atoms with Crippen molar-refractivity contribution in [1.29, 1.82) is 0 Å². The third-order valence-electron chi connectivity index (χ3n) is 0.699. The predicted molar refractivity (Wildman–Crippen MR) is 32.1 cm³/mol. The molecule has 0 atom stereocenters. The molecule has 0 amide bonds. The highest BCUT2D eigenvalue weighted by Gasteiger charge is 1.95. The van der Waals surface area contributed by atoms with E-state index in [-0.39, 0.29) is 0 Å². The van der Waals surface area contributed by atoms with Crippen LogP contribution in [0.3, 0.4) is 0 Å². The molecule has 1 aromatic heterocycles. The molecule has 0 unspecified atom stereocenters. The molecule has 0 aliphatic rings. The van der Waals surface area contributed by atoms with Gasteiger partial charge in [0.15, 0.2) is 6.26 Å². The van der Waals surface area contributed by atoms with Gasteiger partial charge in [-0.1, -0.05) is 11.6 Å². The number of hydrogen-bond acceptors (Lipinski definition) is 1. The number of alkyl halides is 1. The average Bonchev–Trinajstić information content (AvgIpc) is 2.14. The molecule has 1 heterocycles. The van der Waals surface area contributed by atoms with Gasteiger partial charge in [0.1, 0.15) is 5.76 Å². The fraction of sp³-hybridized carbons (Fsp3) is 0.200. The lowest BCUT2D eigenvalue weighted by molar-refractivity contribution is 0.521. The van der Waals surface area contributed by atoms with Crippen LogP contribution in [-0.4, -0.2) is 0 Å². The molecule has 0 bridgehead atoms. The lowest BCUT2D eigenvalue weighted by Gasteiger charge is -1.77. The van der Waals surface area contributed by atoms with E-state index in [0.29, 0.717) is 16.7 Å². The molecule has 0 aliphatic heterocycles. The van der Waals surface area contributed by atoms with Crippen LogP contribution in [0.1, 0.15) is 5.76 Å². The second kappa shape index (κ2) is 2.42. The first-order valence-electron chi connectivity index (χ1n) is 2.05. The summed E-state index contributed by atoms with van der Waals surface area (Å²) in [4.78, 5) is 0. The quantitative estimate of drug-likeness (QED) is 0.560. The van der Waals surface area contributed by atoms with E-state index in [1.165, 1.54) is 0 Å². The van der Waals surface area contributed by atoms with Gasteiger partial charge in [0.25, 0.3) is 0 Å². The molecule has 0 aromatic carbocycles. The Balaban J connectivity index is 2.84. The predicted octanol–water partition coefficient (Wildman–Crippen LogP) is 2.47. The first-order chi connectivity index (χ1) is 3.83. The molecule has 1 aromatic rings. The summed E-state index contributed by atoms with van der Waals surface area (Å²) in [6.07, 6.45) is 2.43. The Kier molecular flexibility index (Phi) is 1.81. The monoisotopic (exact) mass is 149 g/mol. The molecule has 8 heavy (non-hydrogen) atoms. The molecule has 0 fully saturated rings. The van der Waals surface area contributed by atoms with Gasteiger partial charge in [0.05, 0.1) is 10.9 Å². The molecule has 43 valence electrons. The topological polar surface area (TPSA) is 13.1 Å². The summed E-state index contributed by atoms with van der Waals surface area (Å²) in [6.45, 7) is 0. The van der Waals surface area contributed by atoms with Crippen LogP contribution in [0.15, 0.2) is 10.5 Å². The molecule has 0 N–H and O–H groups in total. The van der Waals surface area contributed by atoms with Gasteiger partial charge in [-0.3, -0.25) is 0 Å². The third kappa shape index (κ3) is 1.17. The van der Waals surface area contributed by atoms with E-state index in [9.17, 15) is 0 Å². The van der Waals surface area contributed by atoms with Gasteiger partial charge in [-0.05, 0) is 0 Å². The first-order valence-corrected chi connectivity index (χ1v) is 2.96. The van der Waals surface area contributed by atoms with Gasteiger partial charge >= 0.3 is 0 Å². The number of rotatable bonds is 1. The van der Waals surface area contributed by atoms with E-state index in [2.05, 4.69) is 6.26 Å². The smallest absolute Gasteiger partial charge is 0.189 e. The lowest BCUT2D eigenvalue weighted by atomic mass is 10.5. The van der Waals surface area contributed by atoms with Crippen LogP contribution in [-0.2, 0) is 5.88 Å². The van der Waals surface area contributed by atoms with Crippen LogP contribution in [0.5, 0.6) is 0 Å². The maximum absolute atomic E-state index is 5.43. The summed E-state index contributed by atoms with van der Waals surface area (Å²) in [5, 5.41) is 0.473. The zero-order valence-corrected chi connectivity index (χ0v) is 5.46. The number of halogens is 2. The molecular formula is C5H3Cl2O. The Morgan fingerprint density at radius 1 is 1.75 bits per heavy atom. The second-order valence-corrected chi connectivity index (χ2v) is 1.97. The molecule has 1 radical (unpaired) electrons. The summed E-state index contributed by atoms with van der Waals surface area (Å²) in [5.74, 6) is 1.00. The van der Waals surface area contributed by atoms with E-state index < -0.39 is 0 Å². The first kappa shape index (κ1) is 5.99. The SMILES string of the molecule is ClCc1cc(Cl)[c]o1. The van der Waals surface area contributed by atoms with Gasteiger partial charge in [0.2, 0.25) is 0 Å². The van der Waals surface area contributed by atoms with Gasteiger partial charge in [-0.25, -0.2) is 0 Å². The standard InChI is InChI=1S/C5H3Cl2O/c6-2-5-1-4(7)3-8-5/h1H,2H2. The Morgan fingerprint density at radius 3 is 2.75 bits per heavy atom. The van der Waals surface area contributed by atoms with E-state index in [1.54, 1.807) is 6.07 Å². The minimum absolute atomic E-state index is 0.350. The number of hydrogen-bond donors (Lipinski definition) is 0. The minimum atomic E-state index is 0.350. The van der Waals surface area contributed by atoms with Crippen molar-refractivity contribution in [3.8, 4) is 0 Å². The van der Waals surface area contributed by atoms with Crippen LogP contribution in [0.25, 0.3) is 0 Å². The fourth-order valence-electron chi connectivity index (χ4n) is 0.380. The largest absolute Gasteiger partial charge is 0.455 e. The van der Waals surface area contributed by atoms with Crippen molar-refractivity contribution < 1.29 is 4.42 Å². The highest BCUT2D eigenvalue weighted by Crippen LogP contribution is 2.13. The molecule has 0 saturated heterocycles. The summed E-state index contributed by atoms with van der Waals surface area (Å²) >= 11 is 10.8. The summed E-state index contributed by atoms with van der Waals surface area (Å²) in [6, 6.07) is 1.63. The second-order valence-electron chi connectivity index (χ2n) is 1.30. The van der Waals surface area contributed by atoms with Crippen molar-refractivity contribution in [2.45, 2.75) is 5.88 Å². The fourth-order valence-corrected chi connectivity index (χ4v) is 0.672. The van der Waals surface area contributed by atoms with Gasteiger partial charge in [-0.15, -0.1) is 11.6 Å².